The number of halogens is 2. The van der Waals surface area contributed by atoms with E-state index in [1.54, 1.807) is 25.2 Å². The highest BCUT2D eigenvalue weighted by Gasteiger charge is 2.05. The average Bonchev–Trinajstić information content (AvgIpc) is 2.44. The lowest BCUT2D eigenvalue weighted by Gasteiger charge is -2.02. The molecule has 0 unspecified atom stereocenters. The molecule has 0 aliphatic rings. The van der Waals surface area contributed by atoms with Crippen molar-refractivity contribution in [2.75, 3.05) is 0 Å². The second-order valence-electron chi connectivity index (χ2n) is 4.23. The van der Waals surface area contributed by atoms with Crippen LogP contribution in [-0.4, -0.2) is 16.7 Å². The SMILES string of the molecule is Cn1cc(C(=O)NN=Cc2ccc(Cl)cc2Cl)ccc1=O. The van der Waals surface area contributed by atoms with Gasteiger partial charge in [0.15, 0.2) is 0 Å². The van der Waals surface area contributed by atoms with Crippen molar-refractivity contribution in [3.63, 3.8) is 0 Å². The van der Waals surface area contributed by atoms with Crippen LogP contribution in [0.3, 0.4) is 0 Å². The number of aryl methyl sites for hydroxylation is 1. The minimum Gasteiger partial charge on any atom is -0.318 e. The molecule has 0 fully saturated rings. The normalized spacial score (nSPS) is 10.8. The molecule has 7 heteroatoms. The summed E-state index contributed by atoms with van der Waals surface area (Å²) >= 11 is 11.8. The van der Waals surface area contributed by atoms with Crippen molar-refractivity contribution in [2.24, 2.45) is 12.1 Å². The van der Waals surface area contributed by atoms with Gasteiger partial charge in [0.2, 0.25) is 5.56 Å². The van der Waals surface area contributed by atoms with Crippen LogP contribution in [0.25, 0.3) is 0 Å². The summed E-state index contributed by atoms with van der Waals surface area (Å²) in [5, 5.41) is 4.77. The maximum Gasteiger partial charge on any atom is 0.272 e. The van der Waals surface area contributed by atoms with E-state index in [0.717, 1.165) is 0 Å². The fourth-order valence-corrected chi connectivity index (χ4v) is 2.02. The molecule has 1 aromatic carbocycles. The Morgan fingerprint density at radius 3 is 2.71 bits per heavy atom. The molecule has 1 amide bonds. The molecule has 1 N–H and O–H groups in total. The summed E-state index contributed by atoms with van der Waals surface area (Å²) in [6.45, 7) is 0. The Morgan fingerprint density at radius 2 is 2.05 bits per heavy atom. The highest BCUT2D eigenvalue weighted by atomic mass is 35.5. The molecular weight excluding hydrogens is 313 g/mol. The van der Waals surface area contributed by atoms with Gasteiger partial charge < -0.3 is 4.57 Å². The van der Waals surface area contributed by atoms with Crippen LogP contribution in [0.1, 0.15) is 15.9 Å². The van der Waals surface area contributed by atoms with Gasteiger partial charge in [-0.15, -0.1) is 0 Å². The molecule has 0 aliphatic carbocycles. The maximum atomic E-state index is 11.8. The van der Waals surface area contributed by atoms with Gasteiger partial charge in [-0.1, -0.05) is 29.3 Å². The number of hydrogen-bond donors (Lipinski definition) is 1. The van der Waals surface area contributed by atoms with Gasteiger partial charge in [-0.3, -0.25) is 9.59 Å². The third-order valence-electron chi connectivity index (χ3n) is 2.68. The number of rotatable bonds is 3. The first kappa shape index (κ1) is 15.3. The monoisotopic (exact) mass is 323 g/mol. The van der Waals surface area contributed by atoms with Crippen LogP contribution in [0.4, 0.5) is 0 Å². The molecule has 21 heavy (non-hydrogen) atoms. The molecule has 108 valence electrons. The quantitative estimate of drug-likeness (QED) is 0.696. The standard InChI is InChI=1S/C14H11Cl2N3O2/c1-19-8-10(3-5-13(19)20)14(21)18-17-7-9-2-4-11(15)6-12(9)16/h2-8H,1H3,(H,18,21). The maximum absolute atomic E-state index is 11.8. The fourth-order valence-electron chi connectivity index (χ4n) is 1.56. The van der Waals surface area contributed by atoms with E-state index in [1.807, 2.05) is 0 Å². The van der Waals surface area contributed by atoms with E-state index in [1.165, 1.54) is 29.1 Å². The highest BCUT2D eigenvalue weighted by molar-refractivity contribution is 6.36. The zero-order chi connectivity index (χ0) is 15.4. The van der Waals surface area contributed by atoms with E-state index in [2.05, 4.69) is 10.5 Å². The van der Waals surface area contributed by atoms with E-state index in [9.17, 15) is 9.59 Å². The van der Waals surface area contributed by atoms with Gasteiger partial charge in [-0.05, 0) is 18.2 Å². The Bertz CT molecular complexity index is 769. The van der Waals surface area contributed by atoms with Crippen molar-refractivity contribution in [1.29, 1.82) is 0 Å². The van der Waals surface area contributed by atoms with Crippen molar-refractivity contribution < 1.29 is 4.79 Å². The average molecular weight is 324 g/mol. The fraction of sp³-hybridized carbons (Fsp3) is 0.0714. The number of hydrogen-bond acceptors (Lipinski definition) is 3. The third-order valence-corrected chi connectivity index (χ3v) is 3.24. The number of benzene rings is 1. The van der Waals surface area contributed by atoms with Crippen LogP contribution < -0.4 is 11.0 Å². The molecule has 2 aromatic rings. The number of nitrogens with one attached hydrogen (secondary N) is 1. The summed E-state index contributed by atoms with van der Waals surface area (Å²) in [4.78, 5) is 23.1. The number of hydrazone groups is 1. The molecule has 0 radical (unpaired) electrons. The lowest BCUT2D eigenvalue weighted by Crippen LogP contribution is -2.22. The second-order valence-corrected chi connectivity index (χ2v) is 5.08. The second kappa shape index (κ2) is 6.56. The van der Waals surface area contributed by atoms with Gasteiger partial charge in [0.1, 0.15) is 0 Å². The number of pyridine rings is 1. The van der Waals surface area contributed by atoms with E-state index >= 15 is 0 Å². The van der Waals surface area contributed by atoms with Gasteiger partial charge in [-0.25, -0.2) is 5.43 Å². The molecule has 2 rings (SSSR count). The van der Waals surface area contributed by atoms with Gasteiger partial charge >= 0.3 is 0 Å². The Kier molecular flexibility index (Phi) is 4.77. The molecule has 5 nitrogen and oxygen atoms in total. The number of carbonyl (C=O) groups is 1. The van der Waals surface area contributed by atoms with Crippen LogP contribution in [-0.2, 0) is 7.05 Å². The largest absolute Gasteiger partial charge is 0.318 e. The van der Waals surface area contributed by atoms with Gasteiger partial charge in [0.05, 0.1) is 16.8 Å². The molecular formula is C14H11Cl2N3O2. The molecule has 0 atom stereocenters. The van der Waals surface area contributed by atoms with E-state index in [4.69, 9.17) is 23.2 Å². The van der Waals surface area contributed by atoms with Crippen molar-refractivity contribution in [1.82, 2.24) is 9.99 Å². The first-order valence-electron chi connectivity index (χ1n) is 5.92. The van der Waals surface area contributed by atoms with E-state index < -0.39 is 5.91 Å². The first-order valence-corrected chi connectivity index (χ1v) is 6.68. The molecule has 1 heterocycles. The zero-order valence-corrected chi connectivity index (χ0v) is 12.5. The summed E-state index contributed by atoms with van der Waals surface area (Å²) in [6.07, 6.45) is 2.85. The van der Waals surface area contributed by atoms with Crippen LogP contribution >= 0.6 is 23.2 Å². The van der Waals surface area contributed by atoms with Crippen LogP contribution in [0.2, 0.25) is 10.0 Å². The Hall–Kier alpha value is -2.11. The number of nitrogens with zero attached hydrogens (tertiary/aromatic N) is 2. The molecule has 1 aromatic heterocycles. The lowest BCUT2D eigenvalue weighted by atomic mass is 10.2. The zero-order valence-electron chi connectivity index (χ0n) is 11.0. The highest BCUT2D eigenvalue weighted by Crippen LogP contribution is 2.19. The van der Waals surface area contributed by atoms with Gasteiger partial charge in [0.25, 0.3) is 5.91 Å². The molecule has 0 saturated heterocycles. The number of carbonyl (C=O) groups excluding carboxylic acids is 1. The van der Waals surface area contributed by atoms with Crippen LogP contribution in [0.5, 0.6) is 0 Å². The van der Waals surface area contributed by atoms with Crippen molar-refractivity contribution in [2.45, 2.75) is 0 Å². The van der Waals surface area contributed by atoms with Gasteiger partial charge in [-0.2, -0.15) is 5.10 Å². The Balaban J connectivity index is 2.08. The molecule has 0 spiro atoms. The van der Waals surface area contributed by atoms with E-state index in [0.29, 0.717) is 21.2 Å². The van der Waals surface area contributed by atoms with Crippen molar-refractivity contribution in [3.05, 3.63) is 68.1 Å². The minimum atomic E-state index is -0.424. The predicted octanol–water partition coefficient (Wildman–Crippen LogP) is 2.46. The Labute approximate surface area is 130 Å². The topological polar surface area (TPSA) is 63.5 Å². The lowest BCUT2D eigenvalue weighted by molar-refractivity contribution is 0.0954. The summed E-state index contributed by atoms with van der Waals surface area (Å²) in [7, 11) is 1.57. The van der Waals surface area contributed by atoms with E-state index in [-0.39, 0.29) is 5.56 Å². The summed E-state index contributed by atoms with van der Waals surface area (Å²) < 4.78 is 1.31. The van der Waals surface area contributed by atoms with Crippen LogP contribution in [0, 0.1) is 0 Å². The summed E-state index contributed by atoms with van der Waals surface area (Å²) in [5.74, 6) is -0.424. The van der Waals surface area contributed by atoms with Gasteiger partial charge in [0, 0.05) is 29.9 Å². The smallest absolute Gasteiger partial charge is 0.272 e. The summed E-state index contributed by atoms with van der Waals surface area (Å²) in [5.41, 5.74) is 3.12. The first-order chi connectivity index (χ1) is 9.97. The Morgan fingerprint density at radius 1 is 1.29 bits per heavy atom. The van der Waals surface area contributed by atoms with Crippen LogP contribution in [0.15, 0.2) is 46.4 Å². The van der Waals surface area contributed by atoms with Crippen molar-refractivity contribution in [3.8, 4) is 0 Å². The number of aromatic nitrogens is 1. The number of amides is 1. The molecule has 0 bridgehead atoms. The minimum absolute atomic E-state index is 0.192. The summed E-state index contributed by atoms with van der Waals surface area (Å²) in [6, 6.07) is 7.69. The predicted molar refractivity (Wildman–Crippen MR) is 83.2 cm³/mol. The third kappa shape index (κ3) is 3.93. The van der Waals surface area contributed by atoms with Crippen molar-refractivity contribution >= 4 is 35.3 Å². The molecule has 0 saturated carbocycles. The molecule has 0 aliphatic heterocycles.